The van der Waals surface area contributed by atoms with Crippen LogP contribution in [0.1, 0.15) is 15.9 Å². The van der Waals surface area contributed by atoms with Gasteiger partial charge in [-0.1, -0.05) is 17.7 Å². The van der Waals surface area contributed by atoms with Gasteiger partial charge in [-0.2, -0.15) is 0 Å². The topological polar surface area (TPSA) is 71.2 Å². The van der Waals surface area contributed by atoms with Crippen LogP contribution >= 0.6 is 11.6 Å². The van der Waals surface area contributed by atoms with Crippen molar-refractivity contribution in [2.75, 3.05) is 5.32 Å². The lowest BCUT2D eigenvalue weighted by Crippen LogP contribution is -2.15. The fourth-order valence-electron chi connectivity index (χ4n) is 2.32. The van der Waals surface area contributed by atoms with Crippen molar-refractivity contribution in [1.82, 2.24) is 4.98 Å². The highest BCUT2D eigenvalue weighted by atomic mass is 35.5. The average molecular weight is 391 g/mol. The molecule has 0 bridgehead atoms. The van der Waals surface area contributed by atoms with E-state index in [0.29, 0.717) is 0 Å². The van der Waals surface area contributed by atoms with Crippen molar-refractivity contribution in [3.05, 3.63) is 87.0 Å². The minimum absolute atomic E-state index is 0.0141. The van der Waals surface area contributed by atoms with Crippen LogP contribution in [0.3, 0.4) is 0 Å². The van der Waals surface area contributed by atoms with Gasteiger partial charge in [0.2, 0.25) is 5.56 Å². The van der Waals surface area contributed by atoms with E-state index >= 15 is 0 Å². The van der Waals surface area contributed by atoms with Gasteiger partial charge in [0.25, 0.3) is 5.91 Å². The highest BCUT2D eigenvalue weighted by Gasteiger charge is 2.16. The molecular weight excluding hydrogens is 378 g/mol. The number of anilines is 1. The summed E-state index contributed by atoms with van der Waals surface area (Å²) in [6.07, 6.45) is 1.37. The molecule has 2 aromatic carbocycles. The van der Waals surface area contributed by atoms with E-state index in [0.717, 1.165) is 6.07 Å². The zero-order valence-electron chi connectivity index (χ0n) is 13.8. The van der Waals surface area contributed by atoms with Gasteiger partial charge in [-0.25, -0.2) is 8.78 Å². The number of ether oxygens (including phenoxy) is 1. The number of hydrogen-bond acceptors (Lipinski definition) is 3. The van der Waals surface area contributed by atoms with E-state index in [1.54, 1.807) is 0 Å². The molecule has 5 nitrogen and oxygen atoms in total. The number of carbonyl (C=O) groups excluding carboxylic acids is 1. The van der Waals surface area contributed by atoms with Gasteiger partial charge in [0.05, 0.1) is 5.56 Å². The number of rotatable bonds is 5. The van der Waals surface area contributed by atoms with Crippen molar-refractivity contribution < 1.29 is 18.3 Å². The summed E-state index contributed by atoms with van der Waals surface area (Å²) in [5.74, 6) is -1.47. The number of aromatic amines is 1. The first-order valence-electron chi connectivity index (χ1n) is 7.78. The number of nitrogens with one attached hydrogen (secondary N) is 2. The summed E-state index contributed by atoms with van der Waals surface area (Å²) >= 11 is 5.71. The monoisotopic (exact) mass is 390 g/mol. The van der Waals surface area contributed by atoms with Crippen LogP contribution in [-0.2, 0) is 6.67 Å². The number of carbonyl (C=O) groups is 1. The molecule has 0 saturated heterocycles. The molecule has 3 aromatic rings. The summed E-state index contributed by atoms with van der Waals surface area (Å²) in [5, 5.41) is 2.72. The summed E-state index contributed by atoms with van der Waals surface area (Å²) in [6, 6.07) is 10.6. The molecule has 2 N–H and O–H groups in total. The first-order valence-corrected chi connectivity index (χ1v) is 8.16. The van der Waals surface area contributed by atoms with Crippen LogP contribution in [0.4, 0.5) is 14.5 Å². The number of pyridine rings is 1. The van der Waals surface area contributed by atoms with E-state index in [1.165, 1.54) is 48.7 Å². The van der Waals surface area contributed by atoms with Crippen molar-refractivity contribution in [3.8, 4) is 11.5 Å². The van der Waals surface area contributed by atoms with Crippen LogP contribution < -0.4 is 15.6 Å². The fraction of sp³-hybridized carbons (Fsp3) is 0.0526. The Bertz CT molecular complexity index is 1050. The highest BCUT2D eigenvalue weighted by molar-refractivity contribution is 6.30. The Kier molecular flexibility index (Phi) is 5.52. The molecule has 0 unspecified atom stereocenters. The lowest BCUT2D eigenvalue weighted by Gasteiger charge is -2.13. The Morgan fingerprint density at radius 3 is 2.59 bits per heavy atom. The number of aromatic nitrogens is 1. The quantitative estimate of drug-likeness (QED) is 0.664. The van der Waals surface area contributed by atoms with E-state index < -0.39 is 24.0 Å². The molecule has 138 valence electrons. The number of halogens is 3. The van der Waals surface area contributed by atoms with E-state index in [-0.39, 0.29) is 33.3 Å². The predicted molar refractivity (Wildman–Crippen MR) is 97.8 cm³/mol. The molecule has 8 heteroatoms. The van der Waals surface area contributed by atoms with E-state index in [9.17, 15) is 18.4 Å². The molecule has 0 aliphatic carbocycles. The third-order valence-corrected chi connectivity index (χ3v) is 3.82. The van der Waals surface area contributed by atoms with E-state index in [2.05, 4.69) is 10.3 Å². The predicted octanol–water partition coefficient (Wildman–Crippen LogP) is 4.68. The van der Waals surface area contributed by atoms with Crippen LogP contribution in [0.15, 0.2) is 59.5 Å². The Labute approximate surface area is 157 Å². The van der Waals surface area contributed by atoms with Crippen LogP contribution in [0.25, 0.3) is 0 Å². The summed E-state index contributed by atoms with van der Waals surface area (Å²) in [4.78, 5) is 26.4. The second-order valence-electron chi connectivity index (χ2n) is 5.54. The zero-order valence-corrected chi connectivity index (χ0v) is 14.5. The third kappa shape index (κ3) is 4.51. The van der Waals surface area contributed by atoms with Crippen molar-refractivity contribution in [3.63, 3.8) is 0 Å². The van der Waals surface area contributed by atoms with Gasteiger partial charge in [-0.3, -0.25) is 9.59 Å². The fourth-order valence-corrected chi connectivity index (χ4v) is 2.48. The SMILES string of the molecule is O=C(Nc1cc[nH]c(=O)c1)c1cc(CF)ccc1Oc1ccc(Cl)cc1F. The summed E-state index contributed by atoms with van der Waals surface area (Å²) in [7, 11) is 0. The molecule has 27 heavy (non-hydrogen) atoms. The maximum absolute atomic E-state index is 14.0. The number of benzene rings is 2. The molecule has 0 radical (unpaired) electrons. The lowest BCUT2D eigenvalue weighted by atomic mass is 10.1. The third-order valence-electron chi connectivity index (χ3n) is 3.59. The van der Waals surface area contributed by atoms with Crippen molar-refractivity contribution in [1.29, 1.82) is 0 Å². The molecule has 0 saturated carbocycles. The van der Waals surface area contributed by atoms with Gasteiger partial charge >= 0.3 is 0 Å². The average Bonchev–Trinajstić information content (AvgIpc) is 2.64. The van der Waals surface area contributed by atoms with Gasteiger partial charge in [-0.05, 0) is 42.0 Å². The molecule has 0 aliphatic heterocycles. The van der Waals surface area contributed by atoms with Crippen molar-refractivity contribution in [2.45, 2.75) is 6.67 Å². The maximum Gasteiger partial charge on any atom is 0.259 e. The second-order valence-corrected chi connectivity index (χ2v) is 5.97. The van der Waals surface area contributed by atoms with E-state index in [4.69, 9.17) is 16.3 Å². The van der Waals surface area contributed by atoms with Crippen LogP contribution in [0.2, 0.25) is 5.02 Å². The van der Waals surface area contributed by atoms with Crippen molar-refractivity contribution in [2.24, 2.45) is 0 Å². The number of amides is 1. The Morgan fingerprint density at radius 2 is 1.89 bits per heavy atom. The molecule has 0 atom stereocenters. The minimum Gasteiger partial charge on any atom is -0.453 e. The Morgan fingerprint density at radius 1 is 1.11 bits per heavy atom. The molecule has 1 heterocycles. The first-order chi connectivity index (χ1) is 13.0. The second kappa shape index (κ2) is 8.01. The van der Waals surface area contributed by atoms with Crippen LogP contribution in [0, 0.1) is 5.82 Å². The highest BCUT2D eigenvalue weighted by Crippen LogP contribution is 2.30. The number of alkyl halides is 1. The molecular formula is C19H13ClF2N2O3. The standard InChI is InChI=1S/C19H13ClF2N2O3/c20-12-2-4-17(15(22)8-12)27-16-3-1-11(10-21)7-14(16)19(26)24-13-5-6-23-18(25)9-13/h1-9H,10H2,(H2,23,24,25,26). The van der Waals surface area contributed by atoms with Crippen molar-refractivity contribution >= 4 is 23.2 Å². The summed E-state index contributed by atoms with van der Waals surface area (Å²) in [6.45, 7) is -0.791. The Hall–Kier alpha value is -3.19. The lowest BCUT2D eigenvalue weighted by molar-refractivity contribution is 0.102. The zero-order chi connectivity index (χ0) is 19.4. The smallest absolute Gasteiger partial charge is 0.259 e. The summed E-state index contributed by atoms with van der Waals surface area (Å²) in [5.41, 5.74) is 0.0813. The molecule has 0 fully saturated rings. The maximum atomic E-state index is 14.0. The molecule has 3 rings (SSSR count). The number of hydrogen-bond donors (Lipinski definition) is 2. The van der Waals surface area contributed by atoms with Gasteiger partial charge < -0.3 is 15.0 Å². The number of H-pyrrole nitrogens is 1. The molecule has 1 aromatic heterocycles. The van der Waals surface area contributed by atoms with Gasteiger partial charge in [0, 0.05) is 23.0 Å². The molecule has 0 spiro atoms. The minimum atomic E-state index is -0.791. The van der Waals surface area contributed by atoms with Crippen LogP contribution in [0.5, 0.6) is 11.5 Å². The van der Waals surface area contributed by atoms with Crippen LogP contribution in [-0.4, -0.2) is 10.9 Å². The van der Waals surface area contributed by atoms with Gasteiger partial charge in [0.15, 0.2) is 11.6 Å². The molecule has 1 amide bonds. The first kappa shape index (κ1) is 18.6. The van der Waals surface area contributed by atoms with Gasteiger partial charge in [0.1, 0.15) is 12.4 Å². The Balaban J connectivity index is 1.95. The normalized spacial score (nSPS) is 10.5. The van der Waals surface area contributed by atoms with E-state index in [1.807, 2.05) is 0 Å². The largest absolute Gasteiger partial charge is 0.453 e. The van der Waals surface area contributed by atoms with Gasteiger partial charge in [-0.15, -0.1) is 0 Å². The summed E-state index contributed by atoms with van der Waals surface area (Å²) < 4.78 is 32.5. The molecule has 0 aliphatic rings.